The van der Waals surface area contributed by atoms with Crippen molar-refractivity contribution < 1.29 is 0 Å². The number of fused-ring (bicyclic) bond motifs is 4. The summed E-state index contributed by atoms with van der Waals surface area (Å²) >= 11 is 0. The van der Waals surface area contributed by atoms with Crippen LogP contribution in [-0.4, -0.2) is 25.0 Å². The van der Waals surface area contributed by atoms with Crippen molar-refractivity contribution in [3.05, 3.63) is 35.4 Å². The predicted octanol–water partition coefficient (Wildman–Crippen LogP) is 2.84. The zero-order valence-corrected chi connectivity index (χ0v) is 10.4. The van der Waals surface area contributed by atoms with Crippen LogP contribution in [0.15, 0.2) is 24.3 Å². The second-order valence-electron chi connectivity index (χ2n) is 6.00. The fraction of sp³-hybridized carbons (Fsp3) is 0.600. The largest absolute Gasteiger partial charge is 0.306 e. The zero-order valence-electron chi connectivity index (χ0n) is 10.4. The third kappa shape index (κ3) is 1.58. The summed E-state index contributed by atoms with van der Waals surface area (Å²) in [6.07, 6.45) is 3.99. The van der Waals surface area contributed by atoms with Crippen LogP contribution in [0, 0.1) is 5.92 Å². The predicted molar refractivity (Wildman–Crippen MR) is 67.7 cm³/mol. The maximum absolute atomic E-state index is 2.52. The lowest BCUT2D eigenvalue weighted by molar-refractivity contribution is 0.289. The molecule has 0 spiro atoms. The standard InChI is InChI=1S/C15H21N/c1-15-7-8-16(2)11-12(10-15)9-13-5-3-4-6-14(13)15/h3-6,12H,7-11H2,1-2H3. The Labute approximate surface area is 98.5 Å². The number of hydrogen-bond acceptors (Lipinski definition) is 1. The van der Waals surface area contributed by atoms with Crippen molar-refractivity contribution in [2.24, 2.45) is 5.92 Å². The van der Waals surface area contributed by atoms with Crippen LogP contribution in [0.25, 0.3) is 0 Å². The van der Waals surface area contributed by atoms with E-state index in [2.05, 4.69) is 43.1 Å². The van der Waals surface area contributed by atoms with E-state index >= 15 is 0 Å². The van der Waals surface area contributed by atoms with Gasteiger partial charge >= 0.3 is 0 Å². The van der Waals surface area contributed by atoms with Crippen molar-refractivity contribution >= 4 is 0 Å². The molecule has 1 saturated heterocycles. The van der Waals surface area contributed by atoms with Crippen molar-refractivity contribution in [1.29, 1.82) is 0 Å². The highest BCUT2D eigenvalue weighted by Crippen LogP contribution is 2.43. The molecule has 1 heteroatoms. The van der Waals surface area contributed by atoms with Gasteiger partial charge in [0.15, 0.2) is 0 Å². The van der Waals surface area contributed by atoms with Crippen LogP contribution >= 0.6 is 0 Å². The maximum atomic E-state index is 2.52. The number of hydrogen-bond donors (Lipinski definition) is 0. The molecule has 1 aromatic rings. The number of rotatable bonds is 0. The second kappa shape index (κ2) is 3.59. The summed E-state index contributed by atoms with van der Waals surface area (Å²) in [7, 11) is 2.27. The molecule has 0 aromatic heterocycles. The monoisotopic (exact) mass is 215 g/mol. The van der Waals surface area contributed by atoms with Crippen LogP contribution in [-0.2, 0) is 11.8 Å². The van der Waals surface area contributed by atoms with Gasteiger partial charge in [-0.2, -0.15) is 0 Å². The molecule has 0 N–H and O–H groups in total. The molecule has 1 aliphatic carbocycles. The Bertz CT molecular complexity index is 398. The fourth-order valence-electron chi connectivity index (χ4n) is 3.75. The molecular weight excluding hydrogens is 194 g/mol. The van der Waals surface area contributed by atoms with Gasteiger partial charge in [-0.15, -0.1) is 0 Å². The Hall–Kier alpha value is -0.820. The number of nitrogens with zero attached hydrogens (tertiary/aromatic N) is 1. The molecule has 86 valence electrons. The summed E-state index contributed by atoms with van der Waals surface area (Å²) in [6.45, 7) is 5.00. The van der Waals surface area contributed by atoms with E-state index in [1.54, 1.807) is 11.1 Å². The topological polar surface area (TPSA) is 3.24 Å². The second-order valence-corrected chi connectivity index (χ2v) is 6.00. The lowest BCUT2D eigenvalue weighted by atomic mass is 9.66. The first-order valence-corrected chi connectivity index (χ1v) is 6.44. The van der Waals surface area contributed by atoms with Gasteiger partial charge in [0.05, 0.1) is 0 Å². The molecule has 0 radical (unpaired) electrons. The minimum atomic E-state index is 0.435. The Morgan fingerprint density at radius 3 is 3.00 bits per heavy atom. The Kier molecular flexibility index (Phi) is 2.32. The average molecular weight is 215 g/mol. The van der Waals surface area contributed by atoms with E-state index in [1.807, 2.05) is 0 Å². The summed E-state index contributed by atoms with van der Waals surface area (Å²) in [4.78, 5) is 2.52. The normalized spacial score (nSPS) is 34.2. The number of likely N-dealkylation sites (tertiary alicyclic amines) is 1. The van der Waals surface area contributed by atoms with E-state index in [4.69, 9.17) is 0 Å². The van der Waals surface area contributed by atoms with Crippen molar-refractivity contribution in [3.8, 4) is 0 Å². The summed E-state index contributed by atoms with van der Waals surface area (Å²) in [5.74, 6) is 0.868. The van der Waals surface area contributed by atoms with E-state index in [-0.39, 0.29) is 0 Å². The lowest BCUT2D eigenvalue weighted by Gasteiger charge is -2.38. The van der Waals surface area contributed by atoms with Gasteiger partial charge in [0, 0.05) is 6.54 Å². The van der Waals surface area contributed by atoms with Crippen LogP contribution in [0.1, 0.15) is 30.9 Å². The molecule has 1 nitrogen and oxygen atoms in total. The summed E-state index contributed by atoms with van der Waals surface area (Å²) in [5, 5.41) is 0. The SMILES string of the molecule is CN1CCC2(C)CC(Cc3ccccc32)C1. The molecule has 1 heterocycles. The van der Waals surface area contributed by atoms with Crippen LogP contribution in [0.4, 0.5) is 0 Å². The minimum Gasteiger partial charge on any atom is -0.306 e. The molecule has 2 atom stereocenters. The van der Waals surface area contributed by atoms with E-state index in [0.29, 0.717) is 5.41 Å². The number of benzene rings is 1. The van der Waals surface area contributed by atoms with E-state index in [1.165, 1.54) is 32.4 Å². The zero-order chi connectivity index (χ0) is 11.2. The van der Waals surface area contributed by atoms with Gasteiger partial charge in [-0.3, -0.25) is 0 Å². The van der Waals surface area contributed by atoms with Crippen molar-refractivity contribution in [1.82, 2.24) is 4.90 Å². The Morgan fingerprint density at radius 1 is 1.31 bits per heavy atom. The molecule has 0 saturated carbocycles. The molecule has 0 amide bonds. The highest BCUT2D eigenvalue weighted by Gasteiger charge is 2.38. The van der Waals surface area contributed by atoms with Gasteiger partial charge in [-0.1, -0.05) is 31.2 Å². The van der Waals surface area contributed by atoms with Crippen molar-refractivity contribution in [2.75, 3.05) is 20.1 Å². The highest BCUT2D eigenvalue weighted by atomic mass is 15.1. The van der Waals surface area contributed by atoms with Gasteiger partial charge in [-0.25, -0.2) is 0 Å². The molecular formula is C15H21N. The Morgan fingerprint density at radius 2 is 2.12 bits per heavy atom. The molecule has 2 aliphatic rings. The highest BCUT2D eigenvalue weighted by molar-refractivity contribution is 5.37. The summed E-state index contributed by atoms with van der Waals surface area (Å²) in [6, 6.07) is 9.10. The summed E-state index contributed by atoms with van der Waals surface area (Å²) in [5.41, 5.74) is 3.67. The average Bonchev–Trinajstić information content (AvgIpc) is 2.37. The fourth-order valence-corrected chi connectivity index (χ4v) is 3.75. The molecule has 1 aliphatic heterocycles. The Balaban J connectivity index is 2.06. The molecule has 3 rings (SSSR count). The quantitative estimate of drug-likeness (QED) is 0.643. The van der Waals surface area contributed by atoms with Crippen LogP contribution in [0.2, 0.25) is 0 Å². The van der Waals surface area contributed by atoms with Gasteiger partial charge in [0.2, 0.25) is 0 Å². The molecule has 16 heavy (non-hydrogen) atoms. The first-order chi connectivity index (χ1) is 7.67. The van der Waals surface area contributed by atoms with Gasteiger partial charge in [0.1, 0.15) is 0 Å². The minimum absolute atomic E-state index is 0.435. The summed E-state index contributed by atoms with van der Waals surface area (Å²) < 4.78 is 0. The third-order valence-corrected chi connectivity index (χ3v) is 4.53. The molecule has 1 fully saturated rings. The van der Waals surface area contributed by atoms with Gasteiger partial charge < -0.3 is 4.90 Å². The van der Waals surface area contributed by atoms with Crippen molar-refractivity contribution in [3.63, 3.8) is 0 Å². The lowest BCUT2D eigenvalue weighted by Crippen LogP contribution is -2.32. The molecule has 1 aromatic carbocycles. The van der Waals surface area contributed by atoms with Gasteiger partial charge in [-0.05, 0) is 55.3 Å². The molecule has 2 unspecified atom stereocenters. The smallest absolute Gasteiger partial charge is 0.00101 e. The molecule has 2 bridgehead atoms. The van der Waals surface area contributed by atoms with Crippen molar-refractivity contribution in [2.45, 2.75) is 31.6 Å². The van der Waals surface area contributed by atoms with Crippen LogP contribution in [0.5, 0.6) is 0 Å². The van der Waals surface area contributed by atoms with E-state index in [9.17, 15) is 0 Å². The third-order valence-electron chi connectivity index (χ3n) is 4.53. The van der Waals surface area contributed by atoms with E-state index in [0.717, 1.165) is 5.92 Å². The maximum Gasteiger partial charge on any atom is 0.00101 e. The first-order valence-electron chi connectivity index (χ1n) is 6.44. The van der Waals surface area contributed by atoms with Gasteiger partial charge in [0.25, 0.3) is 0 Å². The van der Waals surface area contributed by atoms with E-state index < -0.39 is 0 Å². The van der Waals surface area contributed by atoms with Crippen LogP contribution in [0.3, 0.4) is 0 Å². The first kappa shape index (κ1) is 10.3. The van der Waals surface area contributed by atoms with Crippen LogP contribution < -0.4 is 0 Å².